The molecule has 0 aliphatic carbocycles. The Bertz CT molecular complexity index is 758. The molecule has 2 N–H and O–H groups in total. The molecular formula is C20H30F4IN5O. The van der Waals surface area contributed by atoms with Crippen molar-refractivity contribution in [2.45, 2.75) is 38.5 Å². The van der Waals surface area contributed by atoms with E-state index in [-0.39, 0.29) is 54.5 Å². The SMILES string of the molecule is CCN1CCCC1CNC(=NCc1ccc(F)cc1C(F)(F)F)NCC(=O)N(C)C.I. The summed E-state index contributed by atoms with van der Waals surface area (Å²) in [6.07, 6.45) is -2.58. The Morgan fingerprint density at radius 1 is 1.29 bits per heavy atom. The molecule has 11 heteroatoms. The van der Waals surface area contributed by atoms with E-state index in [2.05, 4.69) is 27.4 Å². The van der Waals surface area contributed by atoms with Crippen LogP contribution < -0.4 is 10.6 Å². The Kier molecular flexibility index (Phi) is 11.0. The van der Waals surface area contributed by atoms with E-state index < -0.39 is 17.6 Å². The number of guanidine groups is 1. The van der Waals surface area contributed by atoms with Gasteiger partial charge in [-0.1, -0.05) is 13.0 Å². The number of hydrogen-bond acceptors (Lipinski definition) is 3. The first kappa shape index (κ1) is 27.4. The van der Waals surface area contributed by atoms with Gasteiger partial charge in [-0.05, 0) is 43.6 Å². The van der Waals surface area contributed by atoms with Crippen LogP contribution in [0.25, 0.3) is 0 Å². The van der Waals surface area contributed by atoms with Crippen LogP contribution in [0.15, 0.2) is 23.2 Å². The number of halogens is 5. The lowest BCUT2D eigenvalue weighted by Gasteiger charge is -2.24. The lowest BCUT2D eigenvalue weighted by Crippen LogP contribution is -2.47. The van der Waals surface area contributed by atoms with Crippen LogP contribution in [0.3, 0.4) is 0 Å². The number of carbonyl (C=O) groups is 1. The van der Waals surface area contributed by atoms with E-state index in [1.165, 1.54) is 4.90 Å². The van der Waals surface area contributed by atoms with E-state index in [1.54, 1.807) is 14.1 Å². The van der Waals surface area contributed by atoms with Gasteiger partial charge in [-0.25, -0.2) is 9.38 Å². The summed E-state index contributed by atoms with van der Waals surface area (Å²) in [5.41, 5.74) is -1.19. The van der Waals surface area contributed by atoms with E-state index >= 15 is 0 Å². The van der Waals surface area contributed by atoms with Crippen LogP contribution in [-0.2, 0) is 17.5 Å². The molecular weight excluding hydrogens is 529 g/mol. The monoisotopic (exact) mass is 559 g/mol. The van der Waals surface area contributed by atoms with Crippen molar-refractivity contribution >= 4 is 35.8 Å². The number of nitrogens with zero attached hydrogens (tertiary/aromatic N) is 3. The zero-order valence-corrected chi connectivity index (χ0v) is 20.3. The highest BCUT2D eigenvalue weighted by atomic mass is 127. The Labute approximate surface area is 197 Å². The van der Waals surface area contributed by atoms with Crippen molar-refractivity contribution in [2.75, 3.05) is 40.3 Å². The molecule has 1 aliphatic rings. The van der Waals surface area contributed by atoms with E-state index in [0.29, 0.717) is 18.7 Å². The summed E-state index contributed by atoms with van der Waals surface area (Å²) in [5.74, 6) is -0.909. The number of alkyl halides is 3. The Balaban J connectivity index is 0.00000480. The second-order valence-corrected chi connectivity index (χ2v) is 7.41. The van der Waals surface area contributed by atoms with Crippen molar-refractivity contribution in [1.29, 1.82) is 0 Å². The van der Waals surface area contributed by atoms with Gasteiger partial charge in [0.15, 0.2) is 5.96 Å². The zero-order chi connectivity index (χ0) is 22.3. The number of likely N-dealkylation sites (N-methyl/N-ethyl adjacent to an activating group) is 2. The molecule has 1 amide bonds. The third-order valence-corrected chi connectivity index (χ3v) is 5.10. The molecule has 1 unspecified atom stereocenters. The molecule has 0 aromatic heterocycles. The molecule has 1 aromatic rings. The number of carbonyl (C=O) groups excluding carboxylic acids is 1. The minimum Gasteiger partial charge on any atom is -0.355 e. The first-order chi connectivity index (χ1) is 14.1. The summed E-state index contributed by atoms with van der Waals surface area (Å²) < 4.78 is 53.0. The maximum Gasteiger partial charge on any atom is 0.416 e. The summed E-state index contributed by atoms with van der Waals surface area (Å²) >= 11 is 0. The number of amides is 1. The van der Waals surface area contributed by atoms with E-state index in [9.17, 15) is 22.4 Å². The van der Waals surface area contributed by atoms with Crippen LogP contribution in [-0.4, -0.2) is 68.0 Å². The molecule has 0 bridgehead atoms. The molecule has 176 valence electrons. The van der Waals surface area contributed by atoms with Gasteiger partial charge in [-0.2, -0.15) is 13.2 Å². The largest absolute Gasteiger partial charge is 0.416 e. The summed E-state index contributed by atoms with van der Waals surface area (Å²) in [4.78, 5) is 19.8. The molecule has 0 spiro atoms. The molecule has 1 atom stereocenters. The average Bonchev–Trinajstić information content (AvgIpc) is 3.14. The molecule has 0 saturated carbocycles. The third kappa shape index (κ3) is 8.43. The predicted octanol–water partition coefficient (Wildman–Crippen LogP) is 3.07. The van der Waals surface area contributed by atoms with Crippen molar-refractivity contribution in [2.24, 2.45) is 4.99 Å². The second-order valence-electron chi connectivity index (χ2n) is 7.41. The maximum absolute atomic E-state index is 13.3. The summed E-state index contributed by atoms with van der Waals surface area (Å²) in [7, 11) is 3.22. The first-order valence-electron chi connectivity index (χ1n) is 9.93. The van der Waals surface area contributed by atoms with Gasteiger partial charge in [0.1, 0.15) is 5.82 Å². The van der Waals surface area contributed by atoms with Gasteiger partial charge in [0.25, 0.3) is 0 Å². The van der Waals surface area contributed by atoms with Crippen LogP contribution in [0.5, 0.6) is 0 Å². The standard InChI is InChI=1S/C20H29F4N5O.HI/c1-4-29-9-5-6-16(29)12-26-19(27-13-18(30)28(2)3)25-11-14-7-8-15(21)10-17(14)20(22,23)24;/h7-8,10,16H,4-6,9,11-13H2,1-3H3,(H2,25,26,27);1H. The minimum atomic E-state index is -4.68. The van der Waals surface area contributed by atoms with Gasteiger partial charge in [0.05, 0.1) is 18.7 Å². The molecule has 1 aliphatic heterocycles. The second kappa shape index (κ2) is 12.4. The smallest absolute Gasteiger partial charge is 0.355 e. The molecule has 1 heterocycles. The van der Waals surface area contributed by atoms with E-state index in [0.717, 1.165) is 38.1 Å². The normalized spacial score (nSPS) is 17.3. The molecule has 0 radical (unpaired) electrons. The first-order valence-corrected chi connectivity index (χ1v) is 9.93. The fourth-order valence-corrected chi connectivity index (χ4v) is 3.36. The van der Waals surface area contributed by atoms with Crippen molar-refractivity contribution in [3.05, 3.63) is 35.1 Å². The van der Waals surface area contributed by atoms with Crippen LogP contribution in [0.4, 0.5) is 17.6 Å². The van der Waals surface area contributed by atoms with Gasteiger partial charge in [-0.15, -0.1) is 24.0 Å². The minimum absolute atomic E-state index is 0. The molecule has 1 aromatic carbocycles. The van der Waals surface area contributed by atoms with Crippen LogP contribution in [0, 0.1) is 5.82 Å². The predicted molar refractivity (Wildman–Crippen MR) is 123 cm³/mol. The average molecular weight is 559 g/mol. The van der Waals surface area contributed by atoms with Crippen molar-refractivity contribution in [1.82, 2.24) is 20.4 Å². The van der Waals surface area contributed by atoms with Crippen molar-refractivity contribution in [3.8, 4) is 0 Å². The number of likely N-dealkylation sites (tertiary alicyclic amines) is 1. The van der Waals surface area contributed by atoms with Crippen molar-refractivity contribution in [3.63, 3.8) is 0 Å². The summed E-state index contributed by atoms with van der Waals surface area (Å²) in [6.45, 7) is 4.21. The lowest BCUT2D eigenvalue weighted by atomic mass is 10.1. The number of aliphatic imine (C=N–C) groups is 1. The number of hydrogen-bond donors (Lipinski definition) is 2. The summed E-state index contributed by atoms with van der Waals surface area (Å²) in [5, 5.41) is 6.00. The van der Waals surface area contributed by atoms with Crippen LogP contribution in [0.2, 0.25) is 0 Å². The van der Waals surface area contributed by atoms with E-state index in [4.69, 9.17) is 0 Å². The number of nitrogens with one attached hydrogen (secondary N) is 2. The Hall–Kier alpha value is -1.63. The highest BCUT2D eigenvalue weighted by Gasteiger charge is 2.33. The molecule has 6 nitrogen and oxygen atoms in total. The molecule has 1 saturated heterocycles. The number of benzene rings is 1. The topological polar surface area (TPSA) is 60.0 Å². The third-order valence-electron chi connectivity index (χ3n) is 5.10. The maximum atomic E-state index is 13.3. The fourth-order valence-electron chi connectivity index (χ4n) is 3.36. The highest BCUT2D eigenvalue weighted by Crippen LogP contribution is 2.32. The fraction of sp³-hybridized carbons (Fsp3) is 0.600. The summed E-state index contributed by atoms with van der Waals surface area (Å²) in [6, 6.07) is 2.83. The number of rotatable bonds is 7. The zero-order valence-electron chi connectivity index (χ0n) is 17.9. The lowest BCUT2D eigenvalue weighted by molar-refractivity contribution is -0.138. The van der Waals surface area contributed by atoms with Gasteiger partial charge in [-0.3, -0.25) is 9.69 Å². The quantitative estimate of drug-likeness (QED) is 0.234. The van der Waals surface area contributed by atoms with Gasteiger partial charge < -0.3 is 15.5 Å². The molecule has 31 heavy (non-hydrogen) atoms. The Morgan fingerprint density at radius 2 is 2.00 bits per heavy atom. The van der Waals surface area contributed by atoms with Gasteiger partial charge in [0, 0.05) is 26.7 Å². The van der Waals surface area contributed by atoms with Gasteiger partial charge in [0.2, 0.25) is 5.91 Å². The van der Waals surface area contributed by atoms with Crippen LogP contribution in [0.1, 0.15) is 30.9 Å². The molecule has 1 fully saturated rings. The van der Waals surface area contributed by atoms with Crippen molar-refractivity contribution < 1.29 is 22.4 Å². The Morgan fingerprint density at radius 3 is 2.61 bits per heavy atom. The highest BCUT2D eigenvalue weighted by molar-refractivity contribution is 14.0. The van der Waals surface area contributed by atoms with E-state index in [1.807, 2.05) is 0 Å². The van der Waals surface area contributed by atoms with Crippen LogP contribution >= 0.6 is 24.0 Å². The van der Waals surface area contributed by atoms with Gasteiger partial charge >= 0.3 is 6.18 Å². The molecule has 2 rings (SSSR count).